The standard InChI is InChI=1S/C17H21N5O2/c1-2-4-13(5-3-1)20-17-21-16(10-19-22-17)18-9-12-6-7-14-15(8-12)24-11-23-14/h6-8,10,13H,1-5,9,11H2,(H2,18,20,21,22). The van der Waals surface area contributed by atoms with E-state index in [0.717, 1.165) is 17.1 Å². The first-order chi connectivity index (χ1) is 11.9. The third-order valence-corrected chi connectivity index (χ3v) is 4.41. The first-order valence-corrected chi connectivity index (χ1v) is 8.45. The molecule has 2 N–H and O–H groups in total. The van der Waals surface area contributed by atoms with E-state index < -0.39 is 0 Å². The van der Waals surface area contributed by atoms with Crippen LogP contribution in [0.3, 0.4) is 0 Å². The normalized spacial score (nSPS) is 16.8. The van der Waals surface area contributed by atoms with Crippen molar-refractivity contribution in [3.05, 3.63) is 30.0 Å². The number of ether oxygens (including phenoxy) is 2. The van der Waals surface area contributed by atoms with Crippen molar-refractivity contribution in [1.82, 2.24) is 15.2 Å². The van der Waals surface area contributed by atoms with Gasteiger partial charge in [-0.3, -0.25) is 0 Å². The number of hydrogen-bond donors (Lipinski definition) is 2. The second-order valence-corrected chi connectivity index (χ2v) is 6.19. The fraction of sp³-hybridized carbons (Fsp3) is 0.471. The van der Waals surface area contributed by atoms with Crippen LogP contribution in [0.25, 0.3) is 0 Å². The molecule has 0 bridgehead atoms. The zero-order valence-corrected chi connectivity index (χ0v) is 13.5. The van der Waals surface area contributed by atoms with Crippen LogP contribution in [-0.2, 0) is 6.54 Å². The Bertz CT molecular complexity index is 703. The predicted octanol–water partition coefficient (Wildman–Crippen LogP) is 2.96. The first kappa shape index (κ1) is 15.0. The molecule has 7 nitrogen and oxygen atoms in total. The Morgan fingerprint density at radius 1 is 1.08 bits per heavy atom. The highest BCUT2D eigenvalue weighted by atomic mass is 16.7. The number of nitrogens with zero attached hydrogens (tertiary/aromatic N) is 3. The van der Waals surface area contributed by atoms with Gasteiger partial charge in [0.25, 0.3) is 0 Å². The predicted molar refractivity (Wildman–Crippen MR) is 90.2 cm³/mol. The van der Waals surface area contributed by atoms with Gasteiger partial charge in [-0.25, -0.2) is 0 Å². The van der Waals surface area contributed by atoms with E-state index in [9.17, 15) is 0 Å². The fourth-order valence-electron chi connectivity index (χ4n) is 3.12. The molecule has 1 aromatic heterocycles. The SMILES string of the molecule is c1cc2c(cc1CNc1cnnc(NC3CCCCC3)n1)OCO2. The minimum absolute atomic E-state index is 0.290. The Morgan fingerprint density at radius 2 is 1.96 bits per heavy atom. The number of hydrogen-bond acceptors (Lipinski definition) is 7. The van der Waals surface area contributed by atoms with Crippen LogP contribution in [0.4, 0.5) is 11.8 Å². The maximum Gasteiger partial charge on any atom is 0.244 e. The van der Waals surface area contributed by atoms with Crippen LogP contribution in [0.15, 0.2) is 24.4 Å². The van der Waals surface area contributed by atoms with Crippen molar-refractivity contribution in [2.24, 2.45) is 0 Å². The van der Waals surface area contributed by atoms with E-state index in [4.69, 9.17) is 9.47 Å². The van der Waals surface area contributed by atoms with Crippen molar-refractivity contribution in [1.29, 1.82) is 0 Å². The first-order valence-electron chi connectivity index (χ1n) is 8.45. The summed E-state index contributed by atoms with van der Waals surface area (Å²) in [6.07, 6.45) is 7.87. The van der Waals surface area contributed by atoms with Crippen molar-refractivity contribution in [3.63, 3.8) is 0 Å². The molecule has 1 aromatic carbocycles. The molecule has 0 radical (unpaired) electrons. The van der Waals surface area contributed by atoms with Gasteiger partial charge < -0.3 is 20.1 Å². The van der Waals surface area contributed by atoms with Gasteiger partial charge >= 0.3 is 0 Å². The quantitative estimate of drug-likeness (QED) is 0.873. The molecule has 1 aliphatic heterocycles. The van der Waals surface area contributed by atoms with Crippen LogP contribution >= 0.6 is 0 Å². The second kappa shape index (κ2) is 6.90. The summed E-state index contributed by atoms with van der Waals surface area (Å²) in [5, 5.41) is 14.8. The Labute approximate surface area is 140 Å². The average molecular weight is 327 g/mol. The van der Waals surface area contributed by atoms with E-state index >= 15 is 0 Å². The Balaban J connectivity index is 1.37. The lowest BCUT2D eigenvalue weighted by molar-refractivity contribution is 0.174. The summed E-state index contributed by atoms with van der Waals surface area (Å²) < 4.78 is 10.7. The maximum absolute atomic E-state index is 5.40. The van der Waals surface area contributed by atoms with E-state index in [2.05, 4.69) is 25.8 Å². The van der Waals surface area contributed by atoms with E-state index in [1.807, 2.05) is 18.2 Å². The lowest BCUT2D eigenvalue weighted by Crippen LogP contribution is -2.23. The number of anilines is 2. The number of benzene rings is 1. The van der Waals surface area contributed by atoms with Crippen LogP contribution in [0.1, 0.15) is 37.7 Å². The molecule has 0 amide bonds. The Morgan fingerprint density at radius 3 is 2.88 bits per heavy atom. The number of fused-ring (bicyclic) bond motifs is 1. The van der Waals surface area contributed by atoms with Crippen molar-refractivity contribution < 1.29 is 9.47 Å². The molecule has 2 aliphatic rings. The highest BCUT2D eigenvalue weighted by molar-refractivity contribution is 5.46. The summed E-state index contributed by atoms with van der Waals surface area (Å²) in [6, 6.07) is 6.37. The minimum Gasteiger partial charge on any atom is -0.454 e. The van der Waals surface area contributed by atoms with E-state index in [-0.39, 0.29) is 6.79 Å². The number of aromatic nitrogens is 3. The summed E-state index contributed by atoms with van der Waals surface area (Å²) in [5.41, 5.74) is 1.10. The lowest BCUT2D eigenvalue weighted by atomic mass is 9.96. The zero-order valence-electron chi connectivity index (χ0n) is 13.5. The van der Waals surface area contributed by atoms with Gasteiger partial charge in [-0.1, -0.05) is 25.3 Å². The van der Waals surface area contributed by atoms with Crippen LogP contribution < -0.4 is 20.1 Å². The highest BCUT2D eigenvalue weighted by Crippen LogP contribution is 2.32. The smallest absolute Gasteiger partial charge is 0.244 e. The van der Waals surface area contributed by atoms with Gasteiger partial charge in [-0.2, -0.15) is 10.1 Å². The summed E-state index contributed by atoms with van der Waals surface area (Å²) in [7, 11) is 0. The van der Waals surface area contributed by atoms with Crippen molar-refractivity contribution in [2.45, 2.75) is 44.7 Å². The summed E-state index contributed by atoms with van der Waals surface area (Å²) in [6.45, 7) is 0.927. The molecule has 4 rings (SSSR count). The summed E-state index contributed by atoms with van der Waals surface area (Å²) in [5.74, 6) is 2.88. The molecule has 7 heteroatoms. The van der Waals surface area contributed by atoms with Gasteiger partial charge in [0.15, 0.2) is 17.3 Å². The topological polar surface area (TPSA) is 81.2 Å². The molecule has 24 heavy (non-hydrogen) atoms. The lowest BCUT2D eigenvalue weighted by Gasteiger charge is -2.22. The van der Waals surface area contributed by atoms with Gasteiger partial charge in [-0.05, 0) is 30.5 Å². The van der Waals surface area contributed by atoms with E-state index in [1.165, 1.54) is 32.1 Å². The van der Waals surface area contributed by atoms with Gasteiger partial charge in [0.05, 0.1) is 6.20 Å². The second-order valence-electron chi connectivity index (χ2n) is 6.19. The van der Waals surface area contributed by atoms with E-state index in [1.54, 1.807) is 6.20 Å². The molecule has 0 saturated heterocycles. The fourth-order valence-corrected chi connectivity index (χ4v) is 3.12. The van der Waals surface area contributed by atoms with Crippen LogP contribution in [0.5, 0.6) is 11.5 Å². The summed E-state index contributed by atoms with van der Waals surface area (Å²) in [4.78, 5) is 4.50. The third kappa shape index (κ3) is 3.50. The molecule has 0 unspecified atom stereocenters. The van der Waals surface area contributed by atoms with Crippen molar-refractivity contribution >= 4 is 11.8 Å². The molecular formula is C17H21N5O2. The molecule has 2 aromatic rings. The van der Waals surface area contributed by atoms with Gasteiger partial charge in [0.2, 0.25) is 12.7 Å². The summed E-state index contributed by atoms with van der Waals surface area (Å²) >= 11 is 0. The van der Waals surface area contributed by atoms with Gasteiger partial charge in [-0.15, -0.1) is 5.10 Å². The molecule has 1 aliphatic carbocycles. The molecule has 0 spiro atoms. The Hall–Kier alpha value is -2.57. The monoisotopic (exact) mass is 327 g/mol. The molecule has 1 fully saturated rings. The minimum atomic E-state index is 0.290. The highest BCUT2D eigenvalue weighted by Gasteiger charge is 2.15. The molecular weight excluding hydrogens is 306 g/mol. The van der Waals surface area contributed by atoms with E-state index in [0.29, 0.717) is 24.4 Å². The van der Waals surface area contributed by atoms with Gasteiger partial charge in [0.1, 0.15) is 0 Å². The molecule has 1 saturated carbocycles. The maximum atomic E-state index is 5.40. The molecule has 126 valence electrons. The number of rotatable bonds is 5. The van der Waals surface area contributed by atoms with Gasteiger partial charge in [0, 0.05) is 12.6 Å². The zero-order chi connectivity index (χ0) is 16.2. The Kier molecular flexibility index (Phi) is 4.31. The van der Waals surface area contributed by atoms with Crippen molar-refractivity contribution in [3.8, 4) is 11.5 Å². The number of nitrogens with one attached hydrogen (secondary N) is 2. The van der Waals surface area contributed by atoms with Crippen LogP contribution in [0.2, 0.25) is 0 Å². The average Bonchev–Trinajstić information content (AvgIpc) is 3.09. The van der Waals surface area contributed by atoms with Crippen LogP contribution in [0, 0.1) is 0 Å². The molecule has 2 heterocycles. The third-order valence-electron chi connectivity index (χ3n) is 4.41. The van der Waals surface area contributed by atoms with Crippen LogP contribution in [-0.4, -0.2) is 28.0 Å². The van der Waals surface area contributed by atoms with Crippen molar-refractivity contribution in [2.75, 3.05) is 17.4 Å². The largest absolute Gasteiger partial charge is 0.454 e. The molecule has 0 atom stereocenters.